The van der Waals surface area contributed by atoms with Crippen LogP contribution in [0.25, 0.3) is 0 Å². The maximum absolute atomic E-state index is 13.3. The van der Waals surface area contributed by atoms with Crippen LogP contribution in [-0.4, -0.2) is 5.78 Å². The van der Waals surface area contributed by atoms with Gasteiger partial charge in [-0.3, -0.25) is 4.79 Å². The lowest BCUT2D eigenvalue weighted by atomic mass is 9.76. The minimum absolute atomic E-state index is 0.0738. The zero-order valence-electron chi connectivity index (χ0n) is 11.6. The number of carbonyl (C=O) groups excluding carboxylic acids is 1. The standard InChI is InChI=1S/C16H21FO/c1-10-8-12(17)9-11(2)14(10)15(18)13-6-5-7-16(13,3)4/h8-9,13H,5-7H2,1-4H3. The summed E-state index contributed by atoms with van der Waals surface area (Å²) in [7, 11) is 0. The van der Waals surface area contributed by atoms with Crippen LogP contribution in [0.15, 0.2) is 12.1 Å². The van der Waals surface area contributed by atoms with E-state index >= 15 is 0 Å². The molecule has 0 radical (unpaired) electrons. The molecule has 1 aliphatic carbocycles. The molecular weight excluding hydrogens is 227 g/mol. The Bertz CT molecular complexity index is 465. The molecule has 1 aromatic rings. The number of benzene rings is 1. The van der Waals surface area contributed by atoms with Crippen molar-refractivity contribution in [2.24, 2.45) is 11.3 Å². The second kappa shape index (κ2) is 4.49. The third-order valence-electron chi connectivity index (χ3n) is 4.32. The van der Waals surface area contributed by atoms with E-state index in [9.17, 15) is 9.18 Å². The Hall–Kier alpha value is -1.18. The molecule has 0 saturated heterocycles. The van der Waals surface area contributed by atoms with E-state index in [1.54, 1.807) is 0 Å². The average molecular weight is 248 g/mol. The summed E-state index contributed by atoms with van der Waals surface area (Å²) in [6.45, 7) is 7.98. The topological polar surface area (TPSA) is 17.1 Å². The summed E-state index contributed by atoms with van der Waals surface area (Å²) < 4.78 is 13.3. The Morgan fingerprint density at radius 2 is 1.83 bits per heavy atom. The highest BCUT2D eigenvalue weighted by molar-refractivity contribution is 6.01. The molecular formula is C16H21FO. The number of rotatable bonds is 2. The van der Waals surface area contributed by atoms with Crippen molar-refractivity contribution in [1.82, 2.24) is 0 Å². The first-order chi connectivity index (χ1) is 8.33. The van der Waals surface area contributed by atoms with E-state index in [-0.39, 0.29) is 22.9 Å². The molecule has 0 amide bonds. The summed E-state index contributed by atoms with van der Waals surface area (Å²) in [5, 5.41) is 0. The van der Waals surface area contributed by atoms with Gasteiger partial charge in [0.2, 0.25) is 0 Å². The van der Waals surface area contributed by atoms with E-state index in [0.29, 0.717) is 0 Å². The first-order valence-corrected chi connectivity index (χ1v) is 6.64. The van der Waals surface area contributed by atoms with Gasteiger partial charge >= 0.3 is 0 Å². The molecule has 1 aliphatic rings. The molecule has 0 heterocycles. The Balaban J connectivity index is 2.41. The SMILES string of the molecule is Cc1cc(F)cc(C)c1C(=O)C1CCCC1(C)C. The second-order valence-corrected chi connectivity index (χ2v) is 6.21. The van der Waals surface area contributed by atoms with Crippen molar-refractivity contribution in [2.45, 2.75) is 47.0 Å². The third kappa shape index (κ3) is 2.21. The van der Waals surface area contributed by atoms with Gasteiger partial charge in [-0.2, -0.15) is 0 Å². The molecule has 0 aromatic heterocycles. The third-order valence-corrected chi connectivity index (χ3v) is 4.32. The first kappa shape index (κ1) is 13.3. The Kier molecular flexibility index (Phi) is 3.31. The molecule has 0 bridgehead atoms. The van der Waals surface area contributed by atoms with E-state index in [4.69, 9.17) is 0 Å². The van der Waals surface area contributed by atoms with Gasteiger partial charge in [0.1, 0.15) is 5.82 Å². The van der Waals surface area contributed by atoms with Crippen molar-refractivity contribution in [2.75, 3.05) is 0 Å². The van der Waals surface area contributed by atoms with Gasteiger partial charge in [-0.25, -0.2) is 4.39 Å². The van der Waals surface area contributed by atoms with Crippen LogP contribution in [0.3, 0.4) is 0 Å². The molecule has 1 aromatic carbocycles. The largest absolute Gasteiger partial charge is 0.294 e. The maximum Gasteiger partial charge on any atom is 0.167 e. The highest BCUT2D eigenvalue weighted by Gasteiger charge is 2.40. The molecule has 2 heteroatoms. The average Bonchev–Trinajstić information content (AvgIpc) is 2.56. The fraction of sp³-hybridized carbons (Fsp3) is 0.562. The lowest BCUT2D eigenvalue weighted by molar-refractivity contribution is 0.0838. The predicted octanol–water partition coefficient (Wildman–Crippen LogP) is 4.45. The van der Waals surface area contributed by atoms with E-state index in [0.717, 1.165) is 36.0 Å². The van der Waals surface area contributed by atoms with E-state index in [2.05, 4.69) is 13.8 Å². The number of hydrogen-bond acceptors (Lipinski definition) is 1. The van der Waals surface area contributed by atoms with E-state index in [1.165, 1.54) is 12.1 Å². The number of aryl methyl sites for hydroxylation is 2. The van der Waals surface area contributed by atoms with Crippen LogP contribution in [0.4, 0.5) is 4.39 Å². The molecule has 98 valence electrons. The van der Waals surface area contributed by atoms with E-state index in [1.807, 2.05) is 13.8 Å². The highest BCUT2D eigenvalue weighted by atomic mass is 19.1. The number of hydrogen-bond donors (Lipinski definition) is 0. The van der Waals surface area contributed by atoms with Crippen LogP contribution in [0.1, 0.15) is 54.6 Å². The molecule has 1 atom stereocenters. The van der Waals surface area contributed by atoms with Gasteiger partial charge in [-0.05, 0) is 55.4 Å². The number of ketones is 1. The van der Waals surface area contributed by atoms with Crippen molar-refractivity contribution in [3.05, 3.63) is 34.6 Å². The summed E-state index contributed by atoms with van der Waals surface area (Å²) in [5.74, 6) is 0.0279. The number of carbonyl (C=O) groups is 1. The van der Waals surface area contributed by atoms with Crippen LogP contribution in [0.2, 0.25) is 0 Å². The van der Waals surface area contributed by atoms with Gasteiger partial charge in [0.15, 0.2) is 5.78 Å². The fourth-order valence-electron chi connectivity index (χ4n) is 3.29. The van der Waals surface area contributed by atoms with Crippen molar-refractivity contribution in [3.8, 4) is 0 Å². The zero-order valence-corrected chi connectivity index (χ0v) is 11.6. The fourth-order valence-corrected chi connectivity index (χ4v) is 3.29. The number of Topliss-reactive ketones (excluding diaryl/α,β-unsaturated/α-hetero) is 1. The monoisotopic (exact) mass is 248 g/mol. The second-order valence-electron chi connectivity index (χ2n) is 6.21. The minimum atomic E-state index is -0.257. The highest BCUT2D eigenvalue weighted by Crippen LogP contribution is 2.44. The summed E-state index contributed by atoms with van der Waals surface area (Å²) >= 11 is 0. The summed E-state index contributed by atoms with van der Waals surface area (Å²) in [6, 6.07) is 2.92. The lowest BCUT2D eigenvalue weighted by Crippen LogP contribution is -2.27. The van der Waals surface area contributed by atoms with Gasteiger partial charge < -0.3 is 0 Å². The zero-order chi connectivity index (χ0) is 13.5. The van der Waals surface area contributed by atoms with Crippen molar-refractivity contribution < 1.29 is 9.18 Å². The quantitative estimate of drug-likeness (QED) is 0.707. The number of halogens is 1. The maximum atomic E-state index is 13.3. The van der Waals surface area contributed by atoms with Crippen molar-refractivity contribution >= 4 is 5.78 Å². The van der Waals surface area contributed by atoms with Crippen LogP contribution in [0.5, 0.6) is 0 Å². The molecule has 18 heavy (non-hydrogen) atoms. The van der Waals surface area contributed by atoms with Crippen LogP contribution < -0.4 is 0 Å². The Morgan fingerprint density at radius 1 is 1.28 bits per heavy atom. The van der Waals surface area contributed by atoms with Crippen molar-refractivity contribution in [3.63, 3.8) is 0 Å². The molecule has 1 fully saturated rings. The van der Waals surface area contributed by atoms with Crippen LogP contribution >= 0.6 is 0 Å². The van der Waals surface area contributed by atoms with Crippen LogP contribution in [-0.2, 0) is 0 Å². The molecule has 0 N–H and O–H groups in total. The van der Waals surface area contributed by atoms with Gasteiger partial charge in [-0.15, -0.1) is 0 Å². The van der Waals surface area contributed by atoms with Gasteiger partial charge in [0, 0.05) is 11.5 Å². The predicted molar refractivity (Wildman–Crippen MR) is 71.3 cm³/mol. The van der Waals surface area contributed by atoms with Gasteiger partial charge in [0.05, 0.1) is 0 Å². The Labute approximate surface area is 108 Å². The summed E-state index contributed by atoms with van der Waals surface area (Å²) in [4.78, 5) is 12.7. The van der Waals surface area contributed by atoms with Gasteiger partial charge in [-0.1, -0.05) is 20.3 Å². The molecule has 1 unspecified atom stereocenters. The molecule has 2 rings (SSSR count). The smallest absolute Gasteiger partial charge is 0.167 e. The molecule has 1 saturated carbocycles. The first-order valence-electron chi connectivity index (χ1n) is 6.64. The summed E-state index contributed by atoms with van der Waals surface area (Å²) in [6.07, 6.45) is 3.17. The molecule has 1 nitrogen and oxygen atoms in total. The lowest BCUT2D eigenvalue weighted by Gasteiger charge is -2.26. The van der Waals surface area contributed by atoms with Crippen LogP contribution in [0, 0.1) is 31.0 Å². The van der Waals surface area contributed by atoms with Crippen molar-refractivity contribution in [1.29, 1.82) is 0 Å². The summed E-state index contributed by atoms with van der Waals surface area (Å²) in [5.41, 5.74) is 2.33. The normalized spacial score (nSPS) is 22.2. The molecule has 0 spiro atoms. The van der Waals surface area contributed by atoms with Gasteiger partial charge in [0.25, 0.3) is 0 Å². The molecule has 0 aliphatic heterocycles. The van der Waals surface area contributed by atoms with E-state index < -0.39 is 0 Å². The Morgan fingerprint density at radius 3 is 2.28 bits per heavy atom. The minimum Gasteiger partial charge on any atom is -0.294 e.